The second-order valence-corrected chi connectivity index (χ2v) is 5.08. The van der Waals surface area contributed by atoms with E-state index in [2.05, 4.69) is 0 Å². The third-order valence-corrected chi connectivity index (χ3v) is 3.00. The van der Waals surface area contributed by atoms with Crippen molar-refractivity contribution in [3.8, 4) is 0 Å². The fourth-order valence-corrected chi connectivity index (χ4v) is 1.77. The van der Waals surface area contributed by atoms with Crippen LogP contribution in [0.25, 0.3) is 0 Å². The zero-order valence-electron chi connectivity index (χ0n) is 10.8. The van der Waals surface area contributed by atoms with E-state index in [-0.39, 0.29) is 10.9 Å². The summed E-state index contributed by atoms with van der Waals surface area (Å²) in [6, 6.07) is 4.39. The van der Waals surface area contributed by atoms with Gasteiger partial charge in [-0.3, -0.25) is 4.79 Å². The summed E-state index contributed by atoms with van der Waals surface area (Å²) in [5.41, 5.74) is 0.287. The molecular formula is C13H16ClF2NO. The van der Waals surface area contributed by atoms with Crippen molar-refractivity contribution in [2.75, 3.05) is 14.1 Å². The number of hydrogen-bond donors (Lipinski definition) is 0. The number of amides is 1. The second-order valence-electron chi connectivity index (χ2n) is 4.67. The molecular weight excluding hydrogens is 260 g/mol. The summed E-state index contributed by atoms with van der Waals surface area (Å²) in [4.78, 5) is 12.4. The Morgan fingerprint density at radius 3 is 2.33 bits per heavy atom. The lowest BCUT2D eigenvalue weighted by molar-refractivity contribution is -0.156. The van der Waals surface area contributed by atoms with Crippen LogP contribution in [-0.4, -0.2) is 24.9 Å². The van der Waals surface area contributed by atoms with Crippen LogP contribution >= 0.6 is 11.6 Å². The van der Waals surface area contributed by atoms with Crippen LogP contribution in [-0.2, 0) is 10.7 Å². The molecule has 0 fully saturated rings. The first kappa shape index (κ1) is 14.9. The highest BCUT2D eigenvalue weighted by molar-refractivity contribution is 6.31. The van der Waals surface area contributed by atoms with Gasteiger partial charge in [-0.2, -0.15) is 8.78 Å². The van der Waals surface area contributed by atoms with Gasteiger partial charge < -0.3 is 4.90 Å². The van der Waals surface area contributed by atoms with E-state index in [1.807, 2.05) is 13.8 Å². The van der Waals surface area contributed by atoms with E-state index < -0.39 is 17.4 Å². The fourth-order valence-electron chi connectivity index (χ4n) is 1.54. The molecule has 0 saturated heterocycles. The highest BCUT2D eigenvalue weighted by atomic mass is 35.5. The molecule has 0 N–H and O–H groups in total. The molecule has 18 heavy (non-hydrogen) atoms. The normalized spacial score (nSPS) is 11.8. The summed E-state index contributed by atoms with van der Waals surface area (Å²) in [6.07, 6.45) is 0. The Bertz CT molecular complexity index is 458. The van der Waals surface area contributed by atoms with Crippen molar-refractivity contribution in [2.45, 2.75) is 25.7 Å². The first-order chi connectivity index (χ1) is 8.17. The Balaban J connectivity index is 3.31. The van der Waals surface area contributed by atoms with Crippen molar-refractivity contribution < 1.29 is 13.6 Å². The molecule has 0 heterocycles. The maximum Gasteiger partial charge on any atom is 0.351 e. The van der Waals surface area contributed by atoms with Gasteiger partial charge in [0.2, 0.25) is 0 Å². The van der Waals surface area contributed by atoms with Crippen LogP contribution in [0.1, 0.15) is 30.9 Å². The summed E-state index contributed by atoms with van der Waals surface area (Å²) in [5, 5.41) is -0.0976. The molecule has 5 heteroatoms. The largest absolute Gasteiger partial charge is 0.351 e. The molecule has 0 spiro atoms. The van der Waals surface area contributed by atoms with E-state index in [4.69, 9.17) is 11.6 Å². The smallest absolute Gasteiger partial charge is 0.343 e. The number of halogens is 3. The first-order valence-electron chi connectivity index (χ1n) is 5.57. The van der Waals surface area contributed by atoms with E-state index in [1.165, 1.54) is 26.2 Å². The van der Waals surface area contributed by atoms with Crippen LogP contribution in [0.5, 0.6) is 0 Å². The number of alkyl halides is 2. The average Bonchev–Trinajstić information content (AvgIpc) is 2.27. The van der Waals surface area contributed by atoms with Crippen molar-refractivity contribution in [1.29, 1.82) is 0 Å². The van der Waals surface area contributed by atoms with Crippen molar-refractivity contribution in [1.82, 2.24) is 4.90 Å². The molecule has 0 aliphatic carbocycles. The first-order valence-corrected chi connectivity index (χ1v) is 5.95. The summed E-state index contributed by atoms with van der Waals surface area (Å²) < 4.78 is 28.1. The van der Waals surface area contributed by atoms with Crippen LogP contribution in [0.4, 0.5) is 8.78 Å². The van der Waals surface area contributed by atoms with Crippen LogP contribution in [0.2, 0.25) is 5.02 Å². The van der Waals surface area contributed by atoms with Crippen LogP contribution in [0.3, 0.4) is 0 Å². The topological polar surface area (TPSA) is 20.3 Å². The summed E-state index contributed by atoms with van der Waals surface area (Å²) >= 11 is 5.78. The van der Waals surface area contributed by atoms with Gasteiger partial charge in [-0.1, -0.05) is 31.5 Å². The maximum absolute atomic E-state index is 14.0. The lowest BCUT2D eigenvalue weighted by atomic mass is 9.98. The van der Waals surface area contributed by atoms with Gasteiger partial charge >= 0.3 is 5.92 Å². The number of rotatable bonds is 3. The quantitative estimate of drug-likeness (QED) is 0.825. The molecule has 1 amide bonds. The van der Waals surface area contributed by atoms with Gasteiger partial charge in [-0.25, -0.2) is 0 Å². The van der Waals surface area contributed by atoms with Gasteiger partial charge in [0.05, 0.1) is 5.02 Å². The van der Waals surface area contributed by atoms with Crippen LogP contribution < -0.4 is 0 Å². The molecule has 1 aromatic carbocycles. The molecule has 2 nitrogen and oxygen atoms in total. The Morgan fingerprint density at radius 2 is 1.89 bits per heavy atom. The Kier molecular flexibility index (Phi) is 4.32. The van der Waals surface area contributed by atoms with E-state index >= 15 is 0 Å². The zero-order chi connectivity index (χ0) is 14.1. The molecule has 0 saturated carbocycles. The van der Waals surface area contributed by atoms with Gasteiger partial charge in [0, 0.05) is 19.7 Å². The highest BCUT2D eigenvalue weighted by Gasteiger charge is 2.43. The Morgan fingerprint density at radius 1 is 1.33 bits per heavy atom. The van der Waals surface area contributed by atoms with Gasteiger partial charge in [0.1, 0.15) is 0 Å². The molecule has 0 aliphatic heterocycles. The SMILES string of the molecule is CC(C)c1ccc(Cl)c(C(F)(F)C(=O)N(C)C)c1. The van der Waals surface area contributed by atoms with Crippen molar-refractivity contribution >= 4 is 17.5 Å². The minimum atomic E-state index is -3.61. The van der Waals surface area contributed by atoms with E-state index in [9.17, 15) is 13.6 Å². The lowest BCUT2D eigenvalue weighted by Gasteiger charge is -2.22. The van der Waals surface area contributed by atoms with Crippen LogP contribution in [0, 0.1) is 0 Å². The maximum atomic E-state index is 14.0. The highest BCUT2D eigenvalue weighted by Crippen LogP contribution is 2.36. The lowest BCUT2D eigenvalue weighted by Crippen LogP contribution is -2.37. The number of carbonyl (C=O) groups excluding carboxylic acids is 1. The molecule has 0 aromatic heterocycles. The average molecular weight is 276 g/mol. The van der Waals surface area contributed by atoms with Crippen LogP contribution in [0.15, 0.2) is 18.2 Å². The van der Waals surface area contributed by atoms with E-state index in [1.54, 1.807) is 6.07 Å². The van der Waals surface area contributed by atoms with Crippen molar-refractivity contribution in [2.24, 2.45) is 0 Å². The molecule has 0 atom stereocenters. The third-order valence-electron chi connectivity index (χ3n) is 2.67. The molecule has 0 aliphatic rings. The number of nitrogens with zero attached hydrogens (tertiary/aromatic N) is 1. The van der Waals surface area contributed by atoms with Gasteiger partial charge in [-0.05, 0) is 23.6 Å². The molecule has 0 bridgehead atoms. The Labute approximate surface area is 111 Å². The summed E-state index contributed by atoms with van der Waals surface area (Å²) in [7, 11) is 2.58. The summed E-state index contributed by atoms with van der Waals surface area (Å²) in [5.74, 6) is -4.79. The third kappa shape index (κ3) is 2.80. The number of benzene rings is 1. The molecule has 0 unspecified atom stereocenters. The second kappa shape index (κ2) is 5.22. The van der Waals surface area contributed by atoms with E-state index in [0.717, 1.165) is 10.5 Å². The minimum Gasteiger partial charge on any atom is -0.343 e. The number of hydrogen-bond acceptors (Lipinski definition) is 1. The minimum absolute atomic E-state index is 0.0891. The molecule has 1 rings (SSSR count). The monoisotopic (exact) mass is 275 g/mol. The van der Waals surface area contributed by atoms with Gasteiger partial charge in [0.15, 0.2) is 0 Å². The molecule has 0 radical (unpaired) electrons. The van der Waals surface area contributed by atoms with Gasteiger partial charge in [0.25, 0.3) is 5.91 Å². The molecule has 1 aromatic rings. The number of likely N-dealkylation sites (N-methyl/N-ethyl adjacent to an activating group) is 1. The standard InChI is InChI=1S/C13H16ClF2NO/c1-8(2)9-5-6-11(14)10(7-9)13(15,16)12(18)17(3)4/h5-8H,1-4H3. The van der Waals surface area contributed by atoms with Crippen molar-refractivity contribution in [3.05, 3.63) is 34.3 Å². The van der Waals surface area contributed by atoms with Gasteiger partial charge in [-0.15, -0.1) is 0 Å². The predicted octanol–water partition coefficient (Wildman–Crippen LogP) is 3.64. The van der Waals surface area contributed by atoms with E-state index in [0.29, 0.717) is 0 Å². The number of carbonyl (C=O) groups is 1. The molecule has 100 valence electrons. The predicted molar refractivity (Wildman–Crippen MR) is 68.1 cm³/mol. The van der Waals surface area contributed by atoms with Crippen molar-refractivity contribution in [3.63, 3.8) is 0 Å². The zero-order valence-corrected chi connectivity index (χ0v) is 11.6. The Hall–Kier alpha value is -1.16. The summed E-state index contributed by atoms with van der Waals surface area (Å²) in [6.45, 7) is 3.78. The fraction of sp³-hybridized carbons (Fsp3) is 0.462.